The maximum atomic E-state index is 6.13. The first-order valence-electron chi connectivity index (χ1n) is 6.90. The number of hydrogen-bond acceptors (Lipinski definition) is 2. The summed E-state index contributed by atoms with van der Waals surface area (Å²) in [5.41, 5.74) is 9.82. The highest BCUT2D eigenvalue weighted by atomic mass is 32.1. The van der Waals surface area contributed by atoms with Crippen molar-refractivity contribution in [2.75, 3.05) is 5.73 Å². The third-order valence-corrected chi connectivity index (χ3v) is 5.22. The van der Waals surface area contributed by atoms with Crippen LogP contribution in [0, 0.1) is 0 Å². The van der Waals surface area contributed by atoms with Crippen LogP contribution in [0.5, 0.6) is 0 Å². The number of anilines is 1. The zero-order valence-corrected chi connectivity index (χ0v) is 11.9. The van der Waals surface area contributed by atoms with E-state index in [1.807, 2.05) is 23.5 Å². The van der Waals surface area contributed by atoms with Crippen LogP contribution in [0.3, 0.4) is 0 Å². The van der Waals surface area contributed by atoms with Crippen molar-refractivity contribution in [3.05, 3.63) is 60.2 Å². The van der Waals surface area contributed by atoms with Gasteiger partial charge in [-0.1, -0.05) is 48.6 Å². The Kier molecular flexibility index (Phi) is 2.64. The number of nitrogen functional groups attached to an aromatic ring is 1. The molecule has 1 aliphatic carbocycles. The first-order chi connectivity index (χ1) is 9.84. The molecule has 4 rings (SSSR count). The minimum atomic E-state index is 0.882. The number of allylic oxidation sites excluding steroid dienone is 4. The molecule has 0 radical (unpaired) electrons. The molecule has 0 fully saturated rings. The third-order valence-electron chi connectivity index (χ3n) is 3.91. The molecule has 0 bridgehead atoms. The van der Waals surface area contributed by atoms with Crippen LogP contribution >= 0.6 is 11.3 Å². The predicted molar refractivity (Wildman–Crippen MR) is 90.1 cm³/mol. The topological polar surface area (TPSA) is 26.0 Å². The molecule has 2 aromatic carbocycles. The second-order valence-corrected chi connectivity index (χ2v) is 6.19. The van der Waals surface area contributed by atoms with Gasteiger partial charge in [0.05, 0.1) is 4.70 Å². The lowest BCUT2D eigenvalue weighted by molar-refractivity contribution is 1.06. The van der Waals surface area contributed by atoms with Crippen molar-refractivity contribution in [3.8, 4) is 0 Å². The lowest BCUT2D eigenvalue weighted by Gasteiger charge is -2.10. The maximum Gasteiger partial charge on any atom is 0.0585 e. The zero-order valence-electron chi connectivity index (χ0n) is 11.1. The zero-order chi connectivity index (χ0) is 13.5. The van der Waals surface area contributed by atoms with Crippen LogP contribution in [0.15, 0.2) is 54.6 Å². The fourth-order valence-corrected chi connectivity index (χ4v) is 4.20. The molecule has 20 heavy (non-hydrogen) atoms. The predicted octanol–water partition coefficient (Wildman–Crippen LogP) is 5.37. The van der Waals surface area contributed by atoms with Gasteiger partial charge in [-0.25, -0.2) is 0 Å². The summed E-state index contributed by atoms with van der Waals surface area (Å²) >= 11 is 1.82. The van der Waals surface area contributed by atoms with Crippen LogP contribution in [-0.4, -0.2) is 0 Å². The molecule has 0 saturated carbocycles. The Morgan fingerprint density at radius 1 is 0.950 bits per heavy atom. The fourth-order valence-electron chi connectivity index (χ4n) is 2.92. The van der Waals surface area contributed by atoms with Crippen LogP contribution in [0.4, 0.5) is 5.69 Å². The van der Waals surface area contributed by atoms with Gasteiger partial charge in [-0.3, -0.25) is 0 Å². The summed E-state index contributed by atoms with van der Waals surface area (Å²) in [6.45, 7) is 0. The maximum absolute atomic E-state index is 6.13. The van der Waals surface area contributed by atoms with Gasteiger partial charge >= 0.3 is 0 Å². The molecule has 0 atom stereocenters. The SMILES string of the molecule is Nc1cccc2c1sc1c(C3=CC=CCC3)cccc12. The number of rotatable bonds is 1. The van der Waals surface area contributed by atoms with Gasteiger partial charge in [0.15, 0.2) is 0 Å². The molecular weight excluding hydrogens is 262 g/mol. The van der Waals surface area contributed by atoms with E-state index in [2.05, 4.69) is 42.5 Å². The molecule has 2 N–H and O–H groups in total. The Hall–Kier alpha value is -2.06. The van der Waals surface area contributed by atoms with Gasteiger partial charge in [0.1, 0.15) is 0 Å². The largest absolute Gasteiger partial charge is 0.398 e. The molecule has 0 unspecified atom stereocenters. The highest BCUT2D eigenvalue weighted by Gasteiger charge is 2.13. The van der Waals surface area contributed by atoms with Gasteiger partial charge < -0.3 is 5.73 Å². The van der Waals surface area contributed by atoms with E-state index in [0.29, 0.717) is 0 Å². The molecule has 0 amide bonds. The Morgan fingerprint density at radius 2 is 1.75 bits per heavy atom. The number of nitrogens with two attached hydrogens (primary N) is 1. The molecule has 0 saturated heterocycles. The van der Waals surface area contributed by atoms with Gasteiger partial charge in [-0.2, -0.15) is 0 Å². The molecule has 1 nitrogen and oxygen atoms in total. The van der Waals surface area contributed by atoms with Crippen LogP contribution in [-0.2, 0) is 0 Å². The van der Waals surface area contributed by atoms with Gasteiger partial charge in [-0.15, -0.1) is 11.3 Å². The first-order valence-corrected chi connectivity index (χ1v) is 7.72. The summed E-state index contributed by atoms with van der Waals surface area (Å²) in [7, 11) is 0. The summed E-state index contributed by atoms with van der Waals surface area (Å²) in [6, 6.07) is 12.8. The van der Waals surface area contributed by atoms with E-state index >= 15 is 0 Å². The van der Waals surface area contributed by atoms with Crippen molar-refractivity contribution in [1.82, 2.24) is 0 Å². The van der Waals surface area contributed by atoms with E-state index in [9.17, 15) is 0 Å². The van der Waals surface area contributed by atoms with E-state index in [1.165, 1.54) is 31.3 Å². The molecule has 1 aromatic heterocycles. The third kappa shape index (κ3) is 1.69. The quantitative estimate of drug-likeness (QED) is 0.594. The minimum Gasteiger partial charge on any atom is -0.398 e. The Morgan fingerprint density at radius 3 is 2.55 bits per heavy atom. The van der Waals surface area contributed by atoms with Gasteiger partial charge in [0, 0.05) is 21.2 Å². The molecule has 98 valence electrons. The van der Waals surface area contributed by atoms with Crippen LogP contribution in [0.1, 0.15) is 18.4 Å². The van der Waals surface area contributed by atoms with Crippen molar-refractivity contribution in [2.24, 2.45) is 0 Å². The molecule has 3 aromatic rings. The first kappa shape index (κ1) is 11.7. The Labute approximate surface area is 122 Å². The summed E-state index contributed by atoms with van der Waals surface area (Å²) < 4.78 is 2.57. The van der Waals surface area contributed by atoms with Crippen LogP contribution in [0.2, 0.25) is 0 Å². The fraction of sp³-hybridized carbons (Fsp3) is 0.111. The number of fused-ring (bicyclic) bond motifs is 3. The monoisotopic (exact) mass is 277 g/mol. The Balaban J connectivity index is 2.08. The highest BCUT2D eigenvalue weighted by molar-refractivity contribution is 7.26. The molecule has 1 aliphatic rings. The number of thiophene rings is 1. The molecular formula is C18H15NS. The smallest absolute Gasteiger partial charge is 0.0585 e. The van der Waals surface area contributed by atoms with Crippen molar-refractivity contribution in [1.29, 1.82) is 0 Å². The normalized spacial score (nSPS) is 14.9. The summed E-state index contributed by atoms with van der Waals surface area (Å²) in [6.07, 6.45) is 8.90. The molecule has 0 aliphatic heterocycles. The van der Waals surface area contributed by atoms with Crippen molar-refractivity contribution in [2.45, 2.75) is 12.8 Å². The summed E-state index contributed by atoms with van der Waals surface area (Å²) in [5, 5.41) is 2.60. The summed E-state index contributed by atoms with van der Waals surface area (Å²) in [4.78, 5) is 0. The average molecular weight is 277 g/mol. The van der Waals surface area contributed by atoms with Crippen molar-refractivity contribution >= 4 is 42.8 Å². The number of benzene rings is 2. The van der Waals surface area contributed by atoms with E-state index in [4.69, 9.17) is 5.73 Å². The van der Waals surface area contributed by atoms with Crippen LogP contribution < -0.4 is 5.73 Å². The Bertz CT molecular complexity index is 868. The minimum absolute atomic E-state index is 0.882. The van der Waals surface area contributed by atoms with E-state index < -0.39 is 0 Å². The molecule has 0 spiro atoms. The standard InChI is InChI=1S/C18H15NS/c19-16-11-5-10-15-14-9-4-8-13(17(14)20-18(15)16)12-6-2-1-3-7-12/h1-2,4-6,8-11H,3,7,19H2. The van der Waals surface area contributed by atoms with Crippen molar-refractivity contribution < 1.29 is 0 Å². The van der Waals surface area contributed by atoms with Crippen molar-refractivity contribution in [3.63, 3.8) is 0 Å². The summed E-state index contributed by atoms with van der Waals surface area (Å²) in [5.74, 6) is 0. The van der Waals surface area contributed by atoms with Gasteiger partial charge in [-0.05, 0) is 30.0 Å². The second kappa shape index (κ2) is 4.50. The molecule has 2 heteroatoms. The van der Waals surface area contributed by atoms with Gasteiger partial charge in [0.25, 0.3) is 0 Å². The van der Waals surface area contributed by atoms with E-state index in [0.717, 1.165) is 18.5 Å². The van der Waals surface area contributed by atoms with Crippen LogP contribution in [0.25, 0.3) is 25.7 Å². The molecule has 1 heterocycles. The van der Waals surface area contributed by atoms with E-state index in [-0.39, 0.29) is 0 Å². The lowest BCUT2D eigenvalue weighted by Crippen LogP contribution is -1.87. The second-order valence-electron chi connectivity index (χ2n) is 5.17. The van der Waals surface area contributed by atoms with Gasteiger partial charge in [0.2, 0.25) is 0 Å². The number of hydrogen-bond donors (Lipinski definition) is 1. The van der Waals surface area contributed by atoms with E-state index in [1.54, 1.807) is 0 Å². The lowest BCUT2D eigenvalue weighted by atomic mass is 9.96. The average Bonchev–Trinajstić information content (AvgIpc) is 2.88. The highest BCUT2D eigenvalue weighted by Crippen LogP contribution is 2.41.